The van der Waals surface area contributed by atoms with Gasteiger partial charge in [-0.05, 0) is 44.9 Å². The van der Waals surface area contributed by atoms with Crippen LogP contribution in [0.3, 0.4) is 0 Å². The Kier molecular flexibility index (Phi) is 16.3. The second kappa shape index (κ2) is 18.5. The zero-order chi connectivity index (χ0) is 24.2. The van der Waals surface area contributed by atoms with E-state index in [9.17, 15) is 4.79 Å². The summed E-state index contributed by atoms with van der Waals surface area (Å²) < 4.78 is 31.8. The molecular formula is C24H42N2O7. The molecule has 0 aromatic heterocycles. The molecule has 2 N–H and O–H groups in total. The first-order valence-electron chi connectivity index (χ1n) is 11.5. The van der Waals surface area contributed by atoms with E-state index < -0.39 is 5.60 Å². The summed E-state index contributed by atoms with van der Waals surface area (Å²) in [7, 11) is 1.65. The number of benzene rings is 1. The molecule has 0 heterocycles. The third-order valence-corrected chi connectivity index (χ3v) is 4.16. The molecule has 33 heavy (non-hydrogen) atoms. The predicted molar refractivity (Wildman–Crippen MR) is 128 cm³/mol. The van der Waals surface area contributed by atoms with E-state index in [0.717, 1.165) is 17.7 Å². The van der Waals surface area contributed by atoms with Crippen molar-refractivity contribution in [1.82, 2.24) is 5.32 Å². The van der Waals surface area contributed by atoms with Gasteiger partial charge in [0, 0.05) is 25.9 Å². The van der Waals surface area contributed by atoms with Gasteiger partial charge in [-0.25, -0.2) is 4.79 Å². The smallest absolute Gasteiger partial charge is 0.407 e. The molecule has 0 fully saturated rings. The highest BCUT2D eigenvalue weighted by Crippen LogP contribution is 2.10. The van der Waals surface area contributed by atoms with Gasteiger partial charge in [0.1, 0.15) is 5.60 Å². The van der Waals surface area contributed by atoms with E-state index in [2.05, 4.69) is 10.6 Å². The first-order chi connectivity index (χ1) is 15.9. The van der Waals surface area contributed by atoms with Crippen LogP contribution in [0, 0.1) is 0 Å². The molecule has 0 spiro atoms. The molecule has 1 aromatic rings. The fraction of sp³-hybridized carbons (Fsp3) is 0.708. The van der Waals surface area contributed by atoms with E-state index in [1.54, 1.807) is 7.11 Å². The number of hydrogen-bond donors (Lipinski definition) is 2. The van der Waals surface area contributed by atoms with Gasteiger partial charge in [0.25, 0.3) is 0 Å². The molecule has 1 rings (SSSR count). The Morgan fingerprint density at radius 3 is 1.79 bits per heavy atom. The van der Waals surface area contributed by atoms with Gasteiger partial charge in [0.2, 0.25) is 0 Å². The van der Waals surface area contributed by atoms with Crippen LogP contribution in [0.4, 0.5) is 10.5 Å². The van der Waals surface area contributed by atoms with E-state index in [-0.39, 0.29) is 6.09 Å². The van der Waals surface area contributed by atoms with Crippen molar-refractivity contribution in [3.05, 3.63) is 29.8 Å². The number of methoxy groups -OCH3 is 1. The quantitative estimate of drug-likeness (QED) is 0.298. The monoisotopic (exact) mass is 470 g/mol. The molecule has 0 bridgehead atoms. The molecule has 1 aromatic carbocycles. The lowest BCUT2D eigenvalue weighted by Crippen LogP contribution is -2.33. The molecule has 9 nitrogen and oxygen atoms in total. The number of alkyl carbamates (subject to hydrolysis) is 1. The number of nitrogens with one attached hydrogen (secondary N) is 2. The SMILES string of the molecule is COCCOCCOCCOCCOCCNc1ccc(CCNC(=O)OC(C)(C)C)cc1. The molecular weight excluding hydrogens is 428 g/mol. The van der Waals surface area contributed by atoms with Crippen LogP contribution in [-0.2, 0) is 34.8 Å². The van der Waals surface area contributed by atoms with E-state index in [4.69, 9.17) is 28.4 Å². The van der Waals surface area contributed by atoms with Crippen LogP contribution in [0.15, 0.2) is 24.3 Å². The lowest BCUT2D eigenvalue weighted by atomic mass is 10.1. The zero-order valence-electron chi connectivity index (χ0n) is 20.7. The Morgan fingerprint density at radius 2 is 1.27 bits per heavy atom. The summed E-state index contributed by atoms with van der Waals surface area (Å²) in [4.78, 5) is 11.6. The molecule has 0 aliphatic rings. The molecule has 0 radical (unpaired) electrons. The van der Waals surface area contributed by atoms with Crippen LogP contribution < -0.4 is 10.6 Å². The molecule has 0 atom stereocenters. The van der Waals surface area contributed by atoms with Gasteiger partial charge < -0.3 is 39.1 Å². The van der Waals surface area contributed by atoms with Gasteiger partial charge in [0.15, 0.2) is 0 Å². The summed E-state index contributed by atoms with van der Waals surface area (Å²) in [6, 6.07) is 8.13. The Morgan fingerprint density at radius 1 is 0.758 bits per heavy atom. The number of amides is 1. The van der Waals surface area contributed by atoms with Crippen LogP contribution in [-0.4, -0.2) is 91.4 Å². The molecule has 0 saturated heterocycles. The Hall–Kier alpha value is -1.91. The van der Waals surface area contributed by atoms with Gasteiger partial charge in [-0.2, -0.15) is 0 Å². The molecule has 0 aliphatic carbocycles. The number of ether oxygens (including phenoxy) is 6. The van der Waals surface area contributed by atoms with Crippen LogP contribution in [0.5, 0.6) is 0 Å². The highest BCUT2D eigenvalue weighted by Gasteiger charge is 2.15. The van der Waals surface area contributed by atoms with Gasteiger partial charge in [-0.1, -0.05) is 12.1 Å². The third kappa shape index (κ3) is 18.2. The maximum Gasteiger partial charge on any atom is 0.407 e. The first kappa shape index (κ1) is 29.1. The first-order valence-corrected chi connectivity index (χ1v) is 11.5. The molecule has 1 amide bonds. The number of anilines is 1. The van der Waals surface area contributed by atoms with Gasteiger partial charge in [-0.3, -0.25) is 0 Å². The maximum atomic E-state index is 11.6. The van der Waals surface area contributed by atoms with Crippen LogP contribution >= 0.6 is 0 Å². The van der Waals surface area contributed by atoms with Gasteiger partial charge in [-0.15, -0.1) is 0 Å². The lowest BCUT2D eigenvalue weighted by Gasteiger charge is -2.19. The van der Waals surface area contributed by atoms with Crippen molar-refractivity contribution in [3.63, 3.8) is 0 Å². The second-order valence-electron chi connectivity index (χ2n) is 8.24. The molecule has 0 saturated carbocycles. The minimum atomic E-state index is -0.483. The largest absolute Gasteiger partial charge is 0.444 e. The third-order valence-electron chi connectivity index (χ3n) is 4.16. The minimum absolute atomic E-state index is 0.390. The normalized spacial score (nSPS) is 11.4. The Labute approximate surface area is 198 Å². The number of carbonyl (C=O) groups excluding carboxylic acids is 1. The van der Waals surface area contributed by atoms with Gasteiger partial charge >= 0.3 is 6.09 Å². The molecule has 0 unspecified atom stereocenters. The van der Waals surface area contributed by atoms with Crippen molar-refractivity contribution in [2.75, 3.05) is 85.0 Å². The highest BCUT2D eigenvalue weighted by molar-refractivity contribution is 5.67. The average molecular weight is 471 g/mol. The van der Waals surface area contributed by atoms with Crippen LogP contribution in [0.25, 0.3) is 0 Å². The van der Waals surface area contributed by atoms with Crippen molar-refractivity contribution in [3.8, 4) is 0 Å². The van der Waals surface area contributed by atoms with E-state index in [0.29, 0.717) is 72.6 Å². The van der Waals surface area contributed by atoms with Crippen molar-refractivity contribution in [2.45, 2.75) is 32.8 Å². The van der Waals surface area contributed by atoms with Crippen LogP contribution in [0.1, 0.15) is 26.3 Å². The zero-order valence-corrected chi connectivity index (χ0v) is 20.7. The summed E-state index contributed by atoms with van der Waals surface area (Å²) in [6.45, 7) is 11.9. The molecule has 190 valence electrons. The summed E-state index contributed by atoms with van der Waals surface area (Å²) in [5.41, 5.74) is 1.69. The number of rotatable bonds is 19. The lowest BCUT2D eigenvalue weighted by molar-refractivity contribution is -0.00700. The van der Waals surface area contributed by atoms with Crippen molar-refractivity contribution >= 4 is 11.8 Å². The standard InChI is InChI=1S/C24H42N2O7/c1-24(2,3)33-23(27)26-10-9-21-5-7-22(8-6-21)25-11-12-29-15-16-31-19-20-32-18-17-30-14-13-28-4/h5-8,25H,9-20H2,1-4H3,(H,26,27). The predicted octanol–water partition coefficient (Wildman–Crippen LogP) is 2.88. The number of carbonyl (C=O) groups is 1. The Bertz CT molecular complexity index is 606. The molecule has 0 aliphatic heterocycles. The number of hydrogen-bond acceptors (Lipinski definition) is 8. The summed E-state index contributed by atoms with van der Waals surface area (Å²) in [6.07, 6.45) is 0.356. The Balaban J connectivity index is 1.94. The fourth-order valence-corrected chi connectivity index (χ4v) is 2.58. The van der Waals surface area contributed by atoms with Crippen molar-refractivity contribution in [1.29, 1.82) is 0 Å². The highest BCUT2D eigenvalue weighted by atomic mass is 16.6. The fourth-order valence-electron chi connectivity index (χ4n) is 2.58. The van der Waals surface area contributed by atoms with E-state index >= 15 is 0 Å². The summed E-state index contributed by atoms with van der Waals surface area (Å²) in [5, 5.41) is 6.09. The van der Waals surface area contributed by atoms with Crippen molar-refractivity contribution < 1.29 is 33.2 Å². The summed E-state index contributed by atoms with van der Waals surface area (Å²) >= 11 is 0. The minimum Gasteiger partial charge on any atom is -0.444 e. The summed E-state index contributed by atoms with van der Waals surface area (Å²) in [5.74, 6) is 0. The van der Waals surface area contributed by atoms with Crippen molar-refractivity contribution in [2.24, 2.45) is 0 Å². The van der Waals surface area contributed by atoms with Crippen LogP contribution in [0.2, 0.25) is 0 Å². The topological polar surface area (TPSA) is 96.5 Å². The average Bonchev–Trinajstić information content (AvgIpc) is 2.76. The van der Waals surface area contributed by atoms with Gasteiger partial charge in [0.05, 0.1) is 59.5 Å². The maximum absolute atomic E-state index is 11.6. The molecule has 9 heteroatoms. The second-order valence-corrected chi connectivity index (χ2v) is 8.24. The van der Waals surface area contributed by atoms with E-state index in [1.165, 1.54) is 0 Å². The van der Waals surface area contributed by atoms with E-state index in [1.807, 2.05) is 45.0 Å².